The molecule has 0 aliphatic rings. The molecule has 0 atom stereocenters. The van der Waals surface area contributed by atoms with E-state index >= 15 is 0 Å². The Balaban J connectivity index is 2.80. The van der Waals surface area contributed by atoms with Crippen LogP contribution in [0.15, 0.2) is 44.9 Å². The Kier molecular flexibility index (Phi) is 9.73. The van der Waals surface area contributed by atoms with E-state index in [4.69, 9.17) is 24.5 Å². The first-order valence-corrected chi connectivity index (χ1v) is 8.23. The fourth-order valence-corrected chi connectivity index (χ4v) is 1.98. The van der Waals surface area contributed by atoms with Crippen LogP contribution in [-0.4, -0.2) is 48.1 Å². The van der Waals surface area contributed by atoms with Crippen LogP contribution < -0.4 is 0 Å². The van der Waals surface area contributed by atoms with Crippen molar-refractivity contribution in [1.82, 2.24) is 0 Å². The summed E-state index contributed by atoms with van der Waals surface area (Å²) in [7, 11) is 2.84. The van der Waals surface area contributed by atoms with Crippen LogP contribution in [0, 0.1) is 0 Å². The fourth-order valence-electron chi connectivity index (χ4n) is 1.98. The van der Waals surface area contributed by atoms with E-state index in [0.29, 0.717) is 17.1 Å². The van der Waals surface area contributed by atoms with Gasteiger partial charge in [-0.2, -0.15) is 0 Å². The van der Waals surface area contributed by atoms with Gasteiger partial charge in [0.25, 0.3) is 0 Å². The second-order valence-electron chi connectivity index (χ2n) is 5.46. The lowest BCUT2D eigenvalue weighted by molar-refractivity contribution is -0.129. The minimum absolute atomic E-state index is 0.100. The van der Waals surface area contributed by atoms with Gasteiger partial charge in [0.2, 0.25) is 0 Å². The average molecular weight is 392 g/mol. The molecule has 0 unspecified atom stereocenters. The van der Waals surface area contributed by atoms with Crippen LogP contribution in [-0.2, 0) is 37.4 Å². The summed E-state index contributed by atoms with van der Waals surface area (Å²) in [6.07, 6.45) is 0. The molecule has 1 N–H and O–H groups in total. The van der Waals surface area contributed by atoms with Crippen LogP contribution in [0.1, 0.15) is 31.9 Å². The van der Waals surface area contributed by atoms with Gasteiger partial charge in [-0.1, -0.05) is 44.9 Å². The zero-order valence-electron chi connectivity index (χ0n) is 16.5. The zero-order valence-corrected chi connectivity index (χ0v) is 16.5. The van der Waals surface area contributed by atoms with Crippen molar-refractivity contribution in [3.8, 4) is 0 Å². The van der Waals surface area contributed by atoms with E-state index < -0.39 is 5.97 Å². The van der Waals surface area contributed by atoms with Gasteiger partial charge in [0.15, 0.2) is 11.4 Å². The fraction of sp³-hybridized carbons (Fsp3) is 0.389. The monoisotopic (exact) mass is 392 g/mol. The lowest BCUT2D eigenvalue weighted by atomic mass is 10.1. The Morgan fingerprint density at radius 3 is 1.75 bits per heavy atom. The summed E-state index contributed by atoms with van der Waals surface area (Å²) in [5.41, 5.74) is 2.80. The van der Waals surface area contributed by atoms with E-state index in [1.807, 2.05) is 24.3 Å². The number of rotatable bonds is 11. The van der Waals surface area contributed by atoms with Gasteiger partial charge in [0.05, 0.1) is 0 Å². The molecule has 0 radical (unpaired) electrons. The van der Waals surface area contributed by atoms with Gasteiger partial charge in [-0.15, -0.1) is 0 Å². The summed E-state index contributed by atoms with van der Waals surface area (Å²) in [6, 6.07) is 7.35. The third kappa shape index (κ3) is 7.44. The molecule has 0 amide bonds. The maximum absolute atomic E-state index is 10.7. The molecule has 10 heteroatoms. The first-order chi connectivity index (χ1) is 13.4. The molecule has 0 aliphatic heterocycles. The quantitative estimate of drug-likeness (QED) is 0.456. The highest BCUT2D eigenvalue weighted by Crippen LogP contribution is 2.12. The Morgan fingerprint density at radius 2 is 1.29 bits per heavy atom. The SMILES string of the molecule is CON=C(C)C(=NOC)C(C)=NOCc1ccccc1CON=C(C)C(=O)O. The molecular formula is C18H24N4O6. The summed E-state index contributed by atoms with van der Waals surface area (Å²) >= 11 is 0. The molecule has 0 aromatic heterocycles. The van der Waals surface area contributed by atoms with Crippen molar-refractivity contribution in [2.75, 3.05) is 14.2 Å². The van der Waals surface area contributed by atoms with Crippen LogP contribution in [0.2, 0.25) is 0 Å². The van der Waals surface area contributed by atoms with Gasteiger partial charge in [0.1, 0.15) is 38.9 Å². The minimum atomic E-state index is -1.14. The second-order valence-corrected chi connectivity index (χ2v) is 5.46. The van der Waals surface area contributed by atoms with Gasteiger partial charge < -0.3 is 24.5 Å². The average Bonchev–Trinajstić information content (AvgIpc) is 2.67. The number of hydrogen-bond donors (Lipinski definition) is 1. The lowest BCUT2D eigenvalue weighted by Crippen LogP contribution is -2.20. The third-order valence-corrected chi connectivity index (χ3v) is 3.37. The second kappa shape index (κ2) is 12.0. The van der Waals surface area contributed by atoms with Gasteiger partial charge >= 0.3 is 5.97 Å². The molecule has 28 heavy (non-hydrogen) atoms. The Bertz CT molecular complexity index is 786. The molecule has 0 saturated heterocycles. The zero-order chi connectivity index (χ0) is 20.9. The molecule has 0 saturated carbocycles. The Labute approximate surface area is 163 Å². The van der Waals surface area contributed by atoms with Crippen LogP contribution in [0.4, 0.5) is 0 Å². The smallest absolute Gasteiger partial charge is 0.353 e. The summed E-state index contributed by atoms with van der Waals surface area (Å²) in [5.74, 6) is -1.14. The van der Waals surface area contributed by atoms with Crippen LogP contribution in [0.5, 0.6) is 0 Å². The molecule has 1 aromatic carbocycles. The van der Waals surface area contributed by atoms with Crippen LogP contribution in [0.3, 0.4) is 0 Å². The lowest BCUT2D eigenvalue weighted by Gasteiger charge is -2.09. The maximum Gasteiger partial charge on any atom is 0.353 e. The summed E-state index contributed by atoms with van der Waals surface area (Å²) in [5, 5.41) is 24.0. The van der Waals surface area contributed by atoms with E-state index in [1.54, 1.807) is 13.8 Å². The van der Waals surface area contributed by atoms with Crippen molar-refractivity contribution >= 4 is 28.8 Å². The standard InChI is InChI=1S/C18H24N4O6/c1-12(19-25-4)17(22-26-5)13(2)20-27-10-15-8-6-7-9-16(15)11-28-21-14(3)18(23)24/h6-9H,10-11H2,1-5H3,(H,23,24). The number of carboxylic acids is 1. The highest BCUT2D eigenvalue weighted by Gasteiger charge is 2.11. The van der Waals surface area contributed by atoms with E-state index in [0.717, 1.165) is 11.1 Å². The maximum atomic E-state index is 10.7. The topological polar surface area (TPSA) is 124 Å². The number of benzene rings is 1. The predicted molar refractivity (Wildman–Crippen MR) is 104 cm³/mol. The number of aliphatic carboxylic acids is 1. The number of nitrogens with zero attached hydrogens (tertiary/aromatic N) is 4. The summed E-state index contributed by atoms with van der Waals surface area (Å²) in [6.45, 7) is 5.02. The number of oxime groups is 4. The van der Waals surface area contributed by atoms with Gasteiger partial charge in [-0.25, -0.2) is 4.79 Å². The third-order valence-electron chi connectivity index (χ3n) is 3.37. The summed E-state index contributed by atoms with van der Waals surface area (Å²) in [4.78, 5) is 30.8. The molecule has 0 aliphatic carbocycles. The van der Waals surface area contributed by atoms with E-state index in [-0.39, 0.29) is 18.9 Å². The molecule has 0 bridgehead atoms. The van der Waals surface area contributed by atoms with Crippen molar-refractivity contribution in [3.63, 3.8) is 0 Å². The Morgan fingerprint density at radius 1 is 0.821 bits per heavy atom. The van der Waals surface area contributed by atoms with Crippen molar-refractivity contribution in [2.45, 2.75) is 34.0 Å². The molecule has 0 spiro atoms. The van der Waals surface area contributed by atoms with E-state index in [1.165, 1.54) is 21.1 Å². The van der Waals surface area contributed by atoms with Gasteiger partial charge in [-0.05, 0) is 31.9 Å². The number of carbonyl (C=O) groups is 1. The van der Waals surface area contributed by atoms with Crippen LogP contribution in [0.25, 0.3) is 0 Å². The molecule has 10 nitrogen and oxygen atoms in total. The van der Waals surface area contributed by atoms with Gasteiger partial charge in [-0.3, -0.25) is 0 Å². The molecule has 1 rings (SSSR count). The molecule has 1 aromatic rings. The molecule has 0 heterocycles. The van der Waals surface area contributed by atoms with E-state index in [2.05, 4.69) is 20.6 Å². The normalized spacial score (nSPS) is 13.2. The van der Waals surface area contributed by atoms with Crippen molar-refractivity contribution in [1.29, 1.82) is 0 Å². The summed E-state index contributed by atoms with van der Waals surface area (Å²) < 4.78 is 0. The first-order valence-electron chi connectivity index (χ1n) is 8.23. The number of carboxylic acid groups (broad SMARTS) is 1. The van der Waals surface area contributed by atoms with Gasteiger partial charge in [0, 0.05) is 0 Å². The van der Waals surface area contributed by atoms with Crippen molar-refractivity contribution < 1.29 is 29.3 Å². The molecule has 0 fully saturated rings. The highest BCUT2D eigenvalue weighted by molar-refractivity contribution is 6.67. The van der Waals surface area contributed by atoms with Crippen molar-refractivity contribution in [3.05, 3.63) is 35.4 Å². The largest absolute Gasteiger partial charge is 0.477 e. The highest BCUT2D eigenvalue weighted by atomic mass is 16.6. The predicted octanol–water partition coefficient (Wildman–Crippen LogP) is 2.58. The number of hydrogen-bond acceptors (Lipinski definition) is 9. The molecular weight excluding hydrogens is 368 g/mol. The minimum Gasteiger partial charge on any atom is -0.477 e. The van der Waals surface area contributed by atoms with Crippen LogP contribution >= 0.6 is 0 Å². The molecule has 152 valence electrons. The van der Waals surface area contributed by atoms with Crippen molar-refractivity contribution in [2.24, 2.45) is 20.6 Å². The Hall–Kier alpha value is -3.43. The first kappa shape index (κ1) is 22.6. The van der Waals surface area contributed by atoms with E-state index in [9.17, 15) is 4.79 Å².